The maximum absolute atomic E-state index is 13.2. The largest absolute Gasteiger partial charge is 0.355 e. The Morgan fingerprint density at radius 3 is 2.44 bits per heavy atom. The lowest BCUT2D eigenvalue weighted by molar-refractivity contribution is -0.124. The van der Waals surface area contributed by atoms with E-state index in [2.05, 4.69) is 10.6 Å². The van der Waals surface area contributed by atoms with Crippen molar-refractivity contribution in [1.29, 1.82) is 0 Å². The first-order valence-corrected chi connectivity index (χ1v) is 10.2. The predicted octanol–water partition coefficient (Wildman–Crippen LogP) is 1.49. The normalized spacial score (nSPS) is 18.5. The van der Waals surface area contributed by atoms with Crippen LogP contribution in [0.5, 0.6) is 0 Å². The molecule has 1 heterocycles. The molecule has 140 valence electrons. The Bertz CT molecular complexity index is 708. The first kappa shape index (κ1) is 19.9. The van der Waals surface area contributed by atoms with Gasteiger partial charge in [0.25, 0.3) is 0 Å². The molecule has 0 radical (unpaired) electrons. The molecule has 1 amide bonds. The van der Waals surface area contributed by atoms with Crippen LogP contribution in [0.2, 0.25) is 0 Å². The van der Waals surface area contributed by atoms with Gasteiger partial charge in [-0.25, -0.2) is 8.42 Å². The summed E-state index contributed by atoms with van der Waals surface area (Å²) in [6.45, 7) is 7.34. The molecule has 0 saturated carbocycles. The third-order valence-electron chi connectivity index (χ3n) is 4.58. The quantitative estimate of drug-likeness (QED) is 0.716. The summed E-state index contributed by atoms with van der Waals surface area (Å²) in [4.78, 5) is 12.8. The zero-order valence-electron chi connectivity index (χ0n) is 15.6. The molecule has 1 aromatic carbocycles. The summed E-state index contributed by atoms with van der Waals surface area (Å²) in [6, 6.07) is 3.14. The lowest BCUT2D eigenvalue weighted by Crippen LogP contribution is -2.46. The number of hydrogen-bond donors (Lipinski definition) is 2. The minimum absolute atomic E-state index is 0.195. The molecule has 1 atom stereocenters. The predicted molar refractivity (Wildman–Crippen MR) is 99.1 cm³/mol. The molecule has 2 N–H and O–H groups in total. The number of hydrogen-bond acceptors (Lipinski definition) is 4. The third-order valence-corrected chi connectivity index (χ3v) is 6.79. The van der Waals surface area contributed by atoms with E-state index < -0.39 is 16.1 Å². The van der Waals surface area contributed by atoms with Gasteiger partial charge >= 0.3 is 0 Å². The lowest BCUT2D eigenvalue weighted by Gasteiger charge is -2.25. The van der Waals surface area contributed by atoms with E-state index in [0.29, 0.717) is 30.8 Å². The Hall–Kier alpha value is -1.44. The van der Waals surface area contributed by atoms with Crippen molar-refractivity contribution in [3.63, 3.8) is 0 Å². The molecule has 7 heteroatoms. The number of amides is 1. The number of carbonyl (C=O) groups excluding carboxylic acids is 1. The molecule has 6 nitrogen and oxygen atoms in total. The molecule has 1 unspecified atom stereocenters. The topological polar surface area (TPSA) is 78.5 Å². The van der Waals surface area contributed by atoms with Gasteiger partial charge in [-0.05, 0) is 64.8 Å². The Labute approximate surface area is 151 Å². The second kappa shape index (κ2) is 8.29. The highest BCUT2D eigenvalue weighted by Crippen LogP contribution is 2.30. The van der Waals surface area contributed by atoms with Crippen molar-refractivity contribution in [2.45, 2.75) is 51.0 Å². The van der Waals surface area contributed by atoms with E-state index in [1.807, 2.05) is 40.0 Å². The monoisotopic (exact) mass is 367 g/mol. The van der Waals surface area contributed by atoms with Gasteiger partial charge in [-0.2, -0.15) is 4.31 Å². The van der Waals surface area contributed by atoms with Gasteiger partial charge in [-0.1, -0.05) is 17.7 Å². The summed E-state index contributed by atoms with van der Waals surface area (Å²) < 4.78 is 27.8. The molecule has 1 aliphatic rings. The second-order valence-corrected chi connectivity index (χ2v) is 8.58. The molecule has 1 fully saturated rings. The number of nitrogens with zero attached hydrogens (tertiary/aromatic N) is 1. The van der Waals surface area contributed by atoms with Crippen molar-refractivity contribution in [3.8, 4) is 0 Å². The van der Waals surface area contributed by atoms with Crippen LogP contribution in [0.15, 0.2) is 17.0 Å². The smallest absolute Gasteiger partial charge is 0.244 e. The van der Waals surface area contributed by atoms with Crippen LogP contribution in [0.1, 0.15) is 36.0 Å². The average molecular weight is 368 g/mol. The van der Waals surface area contributed by atoms with Crippen LogP contribution in [0.3, 0.4) is 0 Å². The fraction of sp³-hybridized carbons (Fsp3) is 0.611. The zero-order valence-corrected chi connectivity index (χ0v) is 16.4. The van der Waals surface area contributed by atoms with E-state index in [9.17, 15) is 13.2 Å². The Morgan fingerprint density at radius 2 is 1.84 bits per heavy atom. The summed E-state index contributed by atoms with van der Waals surface area (Å²) in [6.07, 6.45) is 2.09. The SMILES string of the molecule is CNCCCNC(=O)C1CCCN1S(=O)(=O)c1c(C)cc(C)cc1C. The van der Waals surface area contributed by atoms with E-state index in [1.165, 1.54) is 4.31 Å². The van der Waals surface area contributed by atoms with Crippen molar-refractivity contribution >= 4 is 15.9 Å². The summed E-state index contributed by atoms with van der Waals surface area (Å²) >= 11 is 0. The van der Waals surface area contributed by atoms with Gasteiger partial charge in [0.05, 0.1) is 4.90 Å². The lowest BCUT2D eigenvalue weighted by atomic mass is 10.1. The van der Waals surface area contributed by atoms with Crippen molar-refractivity contribution in [1.82, 2.24) is 14.9 Å². The Balaban J connectivity index is 2.22. The van der Waals surface area contributed by atoms with Crippen molar-refractivity contribution in [2.24, 2.45) is 0 Å². The number of benzene rings is 1. The van der Waals surface area contributed by atoms with Crippen LogP contribution >= 0.6 is 0 Å². The van der Waals surface area contributed by atoms with Gasteiger partial charge in [0.1, 0.15) is 6.04 Å². The number of nitrogens with one attached hydrogen (secondary N) is 2. The Morgan fingerprint density at radius 1 is 1.20 bits per heavy atom. The summed E-state index contributed by atoms with van der Waals surface area (Å²) in [5, 5.41) is 5.89. The highest BCUT2D eigenvalue weighted by Gasteiger charge is 2.40. The fourth-order valence-electron chi connectivity index (χ4n) is 3.58. The zero-order chi connectivity index (χ0) is 18.6. The van der Waals surface area contributed by atoms with E-state index >= 15 is 0 Å². The minimum Gasteiger partial charge on any atom is -0.355 e. The number of rotatable bonds is 7. The van der Waals surface area contributed by atoms with Crippen molar-refractivity contribution < 1.29 is 13.2 Å². The highest BCUT2D eigenvalue weighted by molar-refractivity contribution is 7.89. The van der Waals surface area contributed by atoms with Crippen LogP contribution < -0.4 is 10.6 Å². The van der Waals surface area contributed by atoms with E-state index in [0.717, 1.165) is 29.7 Å². The number of aryl methyl sites for hydroxylation is 3. The maximum Gasteiger partial charge on any atom is 0.244 e. The van der Waals surface area contributed by atoms with E-state index in [-0.39, 0.29) is 5.91 Å². The first-order chi connectivity index (χ1) is 11.8. The van der Waals surface area contributed by atoms with Gasteiger partial charge in [0.2, 0.25) is 15.9 Å². The molecule has 0 spiro atoms. The van der Waals surface area contributed by atoms with Gasteiger partial charge < -0.3 is 10.6 Å². The molecule has 25 heavy (non-hydrogen) atoms. The maximum atomic E-state index is 13.2. The third kappa shape index (κ3) is 4.40. The molecular formula is C18H29N3O3S. The van der Waals surface area contributed by atoms with E-state index in [4.69, 9.17) is 0 Å². The number of carbonyl (C=O) groups is 1. The minimum atomic E-state index is -3.69. The van der Waals surface area contributed by atoms with Gasteiger partial charge in [0.15, 0.2) is 0 Å². The molecule has 0 aromatic heterocycles. The van der Waals surface area contributed by atoms with Crippen LogP contribution in [-0.2, 0) is 14.8 Å². The molecule has 1 saturated heterocycles. The molecule has 1 aromatic rings. The van der Waals surface area contributed by atoms with Gasteiger partial charge in [-0.15, -0.1) is 0 Å². The second-order valence-electron chi connectivity index (χ2n) is 6.75. The van der Waals surface area contributed by atoms with Crippen LogP contribution in [0.25, 0.3) is 0 Å². The van der Waals surface area contributed by atoms with Crippen LogP contribution in [0, 0.1) is 20.8 Å². The summed E-state index contributed by atoms with van der Waals surface area (Å²) in [7, 11) is -1.83. The molecule has 0 aliphatic carbocycles. The Kier molecular flexibility index (Phi) is 6.59. The van der Waals surface area contributed by atoms with Crippen LogP contribution in [0.4, 0.5) is 0 Å². The number of sulfonamides is 1. The first-order valence-electron chi connectivity index (χ1n) is 8.81. The average Bonchev–Trinajstić information content (AvgIpc) is 3.00. The van der Waals surface area contributed by atoms with E-state index in [1.54, 1.807) is 0 Å². The standard InChI is InChI=1S/C18H29N3O3S/c1-13-11-14(2)17(15(3)12-13)25(23,24)21-10-5-7-16(21)18(22)20-9-6-8-19-4/h11-12,16,19H,5-10H2,1-4H3,(H,20,22). The van der Waals surface area contributed by atoms with Gasteiger partial charge in [0, 0.05) is 13.1 Å². The highest BCUT2D eigenvalue weighted by atomic mass is 32.2. The fourth-order valence-corrected chi connectivity index (χ4v) is 5.65. The molecule has 2 rings (SSSR count). The molecule has 0 bridgehead atoms. The molecular weight excluding hydrogens is 338 g/mol. The van der Waals surface area contributed by atoms with Gasteiger partial charge in [-0.3, -0.25) is 4.79 Å². The van der Waals surface area contributed by atoms with Crippen LogP contribution in [-0.4, -0.2) is 51.4 Å². The van der Waals surface area contributed by atoms with Crippen molar-refractivity contribution in [3.05, 3.63) is 28.8 Å². The van der Waals surface area contributed by atoms with Crippen molar-refractivity contribution in [2.75, 3.05) is 26.7 Å². The summed E-state index contributed by atoms with van der Waals surface area (Å²) in [5.41, 5.74) is 2.50. The summed E-state index contributed by atoms with van der Waals surface area (Å²) in [5.74, 6) is -0.195. The molecule has 1 aliphatic heterocycles.